The van der Waals surface area contributed by atoms with Crippen molar-refractivity contribution < 1.29 is 0 Å². The second kappa shape index (κ2) is 15.8. The van der Waals surface area contributed by atoms with E-state index in [0.717, 1.165) is 0 Å². The molecule has 0 aliphatic heterocycles. The minimum atomic E-state index is 0.312. The molecule has 0 aromatic heterocycles. The zero-order chi connectivity index (χ0) is 6.83. The van der Waals surface area contributed by atoms with Crippen molar-refractivity contribution in [2.45, 2.75) is 23.8 Å². The van der Waals surface area contributed by atoms with Crippen molar-refractivity contribution in [3.8, 4) is 0 Å². The maximum Gasteiger partial charge on any atom is -0.255 e. The van der Waals surface area contributed by atoms with Crippen LogP contribution in [0.25, 0.3) is 16.0 Å². The topological polar surface area (TPSA) is 58.7 Å². The van der Waals surface area contributed by atoms with E-state index in [-0.39, 0.29) is 0 Å². The minimum Gasteiger partial charge on any atom is -0.373 e. The van der Waals surface area contributed by atoms with Crippen molar-refractivity contribution in [2.24, 2.45) is 0 Å². The van der Waals surface area contributed by atoms with Crippen LogP contribution in [0, 0.1) is 0 Å². The molecule has 44 valence electrons. The number of rotatable bonds is 2. The molecule has 0 unspecified atom stereocenters. The van der Waals surface area contributed by atoms with Gasteiger partial charge >= 0.3 is 41.2 Å². The maximum atomic E-state index is 6.75. The number of nitrogens with zero attached hydrogens (tertiary/aromatic N) is 3. The van der Waals surface area contributed by atoms with Crippen LogP contribution in [0.2, 0.25) is 9.95 Å². The van der Waals surface area contributed by atoms with Gasteiger partial charge in [0.1, 0.15) is 0 Å². The molecule has 0 atom stereocenters. The van der Waals surface area contributed by atoms with Crippen molar-refractivity contribution in [2.75, 3.05) is 0 Å². The van der Waals surface area contributed by atoms with Crippen LogP contribution in [0.3, 0.4) is 0 Å². The molecule has 0 amide bonds. The SMILES string of the molecule is C[CH2][Ga+][CH2]C.[N-]=[N+]=[N-]. The van der Waals surface area contributed by atoms with Crippen molar-refractivity contribution in [1.29, 1.82) is 0 Å². The van der Waals surface area contributed by atoms with Crippen LogP contribution in [0.5, 0.6) is 0 Å². The summed E-state index contributed by atoms with van der Waals surface area (Å²) in [6.07, 6.45) is 0. The molecule has 0 saturated heterocycles. The van der Waals surface area contributed by atoms with Gasteiger partial charge < -0.3 is 11.1 Å². The van der Waals surface area contributed by atoms with Crippen molar-refractivity contribution in [3.05, 3.63) is 16.0 Å². The van der Waals surface area contributed by atoms with Gasteiger partial charge in [-0.05, 0) is 0 Å². The predicted molar refractivity (Wildman–Crippen MR) is 36.8 cm³/mol. The van der Waals surface area contributed by atoms with Gasteiger partial charge in [-0.3, -0.25) is 4.91 Å². The zero-order valence-corrected chi connectivity index (χ0v) is 7.76. The fourth-order valence-electron chi connectivity index (χ4n) is 0.289. The molecule has 0 bridgehead atoms. The van der Waals surface area contributed by atoms with Gasteiger partial charge in [0.2, 0.25) is 0 Å². The van der Waals surface area contributed by atoms with Crippen molar-refractivity contribution >= 4 is 17.4 Å². The Balaban J connectivity index is 0. The van der Waals surface area contributed by atoms with Crippen LogP contribution >= 0.6 is 0 Å². The van der Waals surface area contributed by atoms with E-state index in [1.54, 1.807) is 0 Å². The zero-order valence-electron chi connectivity index (χ0n) is 5.33. The van der Waals surface area contributed by atoms with Crippen LogP contribution in [-0.2, 0) is 0 Å². The molecule has 0 aliphatic carbocycles. The summed E-state index contributed by atoms with van der Waals surface area (Å²) in [5.41, 5.74) is 13.5. The fraction of sp³-hybridized carbons (Fsp3) is 1.00. The third-order valence-electron chi connectivity index (χ3n) is 0.577. The monoisotopic (exact) mass is 169 g/mol. The molecule has 0 N–H and O–H groups in total. The Bertz CT molecular complexity index is 56.3. The fourth-order valence-corrected chi connectivity index (χ4v) is 1.50. The molecule has 0 aliphatic rings. The van der Waals surface area contributed by atoms with E-state index in [9.17, 15) is 0 Å². The minimum absolute atomic E-state index is 0.312. The van der Waals surface area contributed by atoms with Gasteiger partial charge in [0.25, 0.3) is 0 Å². The van der Waals surface area contributed by atoms with Crippen molar-refractivity contribution in [1.82, 2.24) is 0 Å². The van der Waals surface area contributed by atoms with Gasteiger partial charge in [-0.25, -0.2) is 0 Å². The molecule has 0 saturated carbocycles. The molecule has 8 heavy (non-hydrogen) atoms. The Morgan fingerprint density at radius 3 is 1.50 bits per heavy atom. The molecule has 0 spiro atoms. The Morgan fingerprint density at radius 1 is 1.25 bits per heavy atom. The first kappa shape index (κ1) is 10.8. The predicted octanol–water partition coefficient (Wildman–Crippen LogP) is 2.43. The third kappa shape index (κ3) is 38.4. The van der Waals surface area contributed by atoms with E-state index in [2.05, 4.69) is 13.8 Å². The number of hydrogen-bond acceptors (Lipinski definition) is 0. The second-order valence-electron chi connectivity index (χ2n) is 1.19. The average Bonchev–Trinajstić information content (AvgIpc) is 1.71. The van der Waals surface area contributed by atoms with Gasteiger partial charge in [0.15, 0.2) is 0 Å². The molecular formula is C4H10GaN3. The molecule has 3 nitrogen and oxygen atoms in total. The first-order valence-corrected chi connectivity index (χ1v) is 6.06. The Labute approximate surface area is 57.7 Å². The summed E-state index contributed by atoms with van der Waals surface area (Å²) in [4.78, 5) is 4.50. The summed E-state index contributed by atoms with van der Waals surface area (Å²) < 4.78 is 0. The van der Waals surface area contributed by atoms with Crippen LogP contribution < -0.4 is 0 Å². The molecule has 0 heterocycles. The summed E-state index contributed by atoms with van der Waals surface area (Å²) in [5, 5.41) is 0. The Hall–Kier alpha value is -0.0536. The smallest absolute Gasteiger partial charge is 0.255 e. The summed E-state index contributed by atoms with van der Waals surface area (Å²) in [7, 11) is 0. The van der Waals surface area contributed by atoms with Crippen molar-refractivity contribution in [3.63, 3.8) is 0 Å². The van der Waals surface area contributed by atoms with Crippen LogP contribution in [0.1, 0.15) is 13.8 Å². The van der Waals surface area contributed by atoms with Gasteiger partial charge in [-0.2, -0.15) is 0 Å². The first-order chi connectivity index (χ1) is 3.83. The van der Waals surface area contributed by atoms with E-state index >= 15 is 0 Å². The van der Waals surface area contributed by atoms with E-state index in [1.165, 1.54) is 14.9 Å². The van der Waals surface area contributed by atoms with Gasteiger partial charge in [-0.1, -0.05) is 0 Å². The molecule has 0 aromatic rings. The third-order valence-corrected chi connectivity index (χ3v) is 3.00. The van der Waals surface area contributed by atoms with E-state index in [0.29, 0.717) is 17.4 Å². The normalized spacial score (nSPS) is 5.25. The van der Waals surface area contributed by atoms with E-state index in [1.807, 2.05) is 0 Å². The molecule has 0 radical (unpaired) electrons. The quantitative estimate of drug-likeness (QED) is 0.264. The van der Waals surface area contributed by atoms with Crippen LogP contribution in [0.15, 0.2) is 0 Å². The molecule has 0 fully saturated rings. The van der Waals surface area contributed by atoms with Crippen LogP contribution in [-0.4, -0.2) is 17.4 Å². The van der Waals surface area contributed by atoms with E-state index in [4.69, 9.17) is 11.1 Å². The summed E-state index contributed by atoms with van der Waals surface area (Å²) in [6.45, 7) is 4.56. The molecule has 4 heteroatoms. The van der Waals surface area contributed by atoms with Gasteiger partial charge in [0.05, 0.1) is 0 Å². The van der Waals surface area contributed by atoms with Gasteiger partial charge in [-0.15, -0.1) is 0 Å². The summed E-state index contributed by atoms with van der Waals surface area (Å²) >= 11 is 0.312. The maximum absolute atomic E-state index is 6.75. The Kier molecular flexibility index (Phi) is 21.4. The second-order valence-corrected chi connectivity index (χ2v) is 5.83. The standard InChI is InChI=1S/2C2H5.Ga.N3/c2*1-2;;1-3-2/h2*1H2,2H3;;/q;;+1;-1. The van der Waals surface area contributed by atoms with E-state index < -0.39 is 0 Å². The summed E-state index contributed by atoms with van der Waals surface area (Å²) in [6, 6.07) is 0. The number of hydrogen-bond donors (Lipinski definition) is 0. The molecule has 0 aromatic carbocycles. The van der Waals surface area contributed by atoms with Crippen LogP contribution in [0.4, 0.5) is 0 Å². The molecule has 0 rings (SSSR count). The molecular weight excluding hydrogens is 160 g/mol. The first-order valence-electron chi connectivity index (χ1n) is 2.63. The largest absolute Gasteiger partial charge is 0.373 e. The average molecular weight is 170 g/mol. The summed E-state index contributed by atoms with van der Waals surface area (Å²) in [5.74, 6) is 0. The van der Waals surface area contributed by atoms with Gasteiger partial charge in [0, 0.05) is 0 Å². The Morgan fingerprint density at radius 2 is 1.50 bits per heavy atom.